The lowest BCUT2D eigenvalue weighted by molar-refractivity contribution is 0.0528. The van der Waals surface area contributed by atoms with E-state index in [9.17, 15) is 4.79 Å². The largest absolute Gasteiger partial charge is 0.462 e. The first-order valence-corrected chi connectivity index (χ1v) is 12.9. The molecule has 0 unspecified atom stereocenters. The van der Waals surface area contributed by atoms with Crippen LogP contribution in [-0.4, -0.2) is 17.0 Å². The van der Waals surface area contributed by atoms with Crippen molar-refractivity contribution in [2.75, 3.05) is 6.61 Å². The summed E-state index contributed by atoms with van der Waals surface area (Å²) in [5.41, 5.74) is 6.51. The molecule has 0 atom stereocenters. The summed E-state index contributed by atoms with van der Waals surface area (Å²) in [6, 6.07) is 39.6. The van der Waals surface area contributed by atoms with E-state index in [0.717, 1.165) is 27.9 Å². The van der Waals surface area contributed by atoms with E-state index < -0.39 is 5.97 Å². The van der Waals surface area contributed by atoms with Gasteiger partial charge in [-0.1, -0.05) is 115 Å². The van der Waals surface area contributed by atoms with Crippen molar-refractivity contribution in [1.29, 1.82) is 0 Å². The summed E-state index contributed by atoms with van der Waals surface area (Å²) in [5, 5.41) is 0. The Bertz CT molecular complexity index is 1800. The summed E-state index contributed by atoms with van der Waals surface area (Å²) in [4.78, 5) is 13.6. The number of rotatable bonds is 5. The summed E-state index contributed by atoms with van der Waals surface area (Å²) in [6.45, 7) is 2.05. The van der Waals surface area contributed by atoms with E-state index in [1.807, 2.05) is 126 Å². The molecule has 0 fully saturated rings. The van der Waals surface area contributed by atoms with Gasteiger partial charge in [0.25, 0.3) is 0 Å². The van der Waals surface area contributed by atoms with E-state index in [1.54, 1.807) is 6.92 Å². The number of benzene rings is 4. The molecule has 0 aliphatic carbocycles. The Hall–Kier alpha value is -5.27. The number of ether oxygens (including phenoxy) is 1. The molecule has 0 aliphatic heterocycles. The quantitative estimate of drug-likeness (QED) is 0.175. The van der Waals surface area contributed by atoms with E-state index in [4.69, 9.17) is 9.15 Å². The lowest BCUT2D eigenvalue weighted by Gasteiger charge is -2.08. The predicted octanol–water partition coefficient (Wildman–Crippen LogP) is 8.11. The van der Waals surface area contributed by atoms with Gasteiger partial charge in [0.05, 0.1) is 6.61 Å². The molecule has 0 bridgehead atoms. The van der Waals surface area contributed by atoms with Gasteiger partial charge < -0.3 is 9.15 Å². The third kappa shape index (κ3) is 4.52. The second-order valence-electron chi connectivity index (χ2n) is 8.95. The first-order valence-electron chi connectivity index (χ1n) is 12.9. The van der Waals surface area contributed by atoms with Crippen LogP contribution in [0.5, 0.6) is 0 Å². The van der Waals surface area contributed by atoms with Crippen LogP contribution in [0.2, 0.25) is 0 Å². The van der Waals surface area contributed by atoms with Crippen molar-refractivity contribution < 1.29 is 13.9 Å². The topological polar surface area (TPSA) is 43.9 Å². The number of hydrogen-bond donors (Lipinski definition) is 0. The van der Waals surface area contributed by atoms with Gasteiger partial charge in [0.2, 0.25) is 5.71 Å². The Labute approximate surface area is 227 Å². The molecule has 0 spiro atoms. The van der Waals surface area contributed by atoms with Gasteiger partial charge >= 0.3 is 5.97 Å². The molecular formula is C35H25NO3. The Morgan fingerprint density at radius 1 is 0.718 bits per heavy atom. The maximum absolute atomic E-state index is 13.6. The van der Waals surface area contributed by atoms with E-state index in [-0.39, 0.29) is 6.61 Å². The highest BCUT2D eigenvalue weighted by molar-refractivity contribution is 6.06. The summed E-state index contributed by atoms with van der Waals surface area (Å²) in [6.07, 6.45) is 0. The maximum Gasteiger partial charge on any atom is 0.344 e. The van der Waals surface area contributed by atoms with Gasteiger partial charge in [0.1, 0.15) is 17.0 Å². The lowest BCUT2D eigenvalue weighted by Crippen LogP contribution is -2.05. The van der Waals surface area contributed by atoms with Gasteiger partial charge in [-0.2, -0.15) is 0 Å². The van der Waals surface area contributed by atoms with Crippen LogP contribution in [0.4, 0.5) is 0 Å². The standard InChI is InChI=1S/C35H25NO3/c1-2-38-35(37)31-30(26-17-9-4-10-18-26)29(24-23-25-15-7-3-8-16-25)36-32(27-19-11-5-12-20-27)33(39-34(31)36)28-21-13-6-14-22-28/h3-22H,2H2,1H3. The van der Waals surface area contributed by atoms with Crippen LogP contribution >= 0.6 is 0 Å². The second-order valence-corrected chi connectivity index (χ2v) is 8.95. The third-order valence-electron chi connectivity index (χ3n) is 6.49. The number of aromatic nitrogens is 1. The van der Waals surface area contributed by atoms with Gasteiger partial charge in [-0.15, -0.1) is 0 Å². The molecule has 0 aliphatic rings. The molecule has 0 radical (unpaired) electrons. The molecular weight excluding hydrogens is 482 g/mol. The van der Waals surface area contributed by atoms with Crippen LogP contribution in [0.25, 0.3) is 39.4 Å². The molecule has 188 valence electrons. The van der Waals surface area contributed by atoms with Gasteiger partial charge in [0, 0.05) is 22.3 Å². The molecule has 0 saturated carbocycles. The van der Waals surface area contributed by atoms with Crippen molar-refractivity contribution >= 4 is 11.7 Å². The van der Waals surface area contributed by atoms with E-state index in [1.165, 1.54) is 0 Å². The zero-order chi connectivity index (χ0) is 26.6. The average molecular weight is 508 g/mol. The van der Waals surface area contributed by atoms with Crippen LogP contribution in [-0.2, 0) is 4.74 Å². The number of carbonyl (C=O) groups excluding carboxylic acids is 1. The molecule has 6 rings (SSSR count). The van der Waals surface area contributed by atoms with Crippen LogP contribution in [0.3, 0.4) is 0 Å². The van der Waals surface area contributed by atoms with Crippen molar-refractivity contribution in [3.63, 3.8) is 0 Å². The molecule has 0 saturated heterocycles. The molecule has 2 heterocycles. The maximum atomic E-state index is 13.6. The highest BCUT2D eigenvalue weighted by atomic mass is 16.5. The molecule has 0 amide bonds. The van der Waals surface area contributed by atoms with Gasteiger partial charge in [-0.25, -0.2) is 4.79 Å². The van der Waals surface area contributed by atoms with Gasteiger partial charge in [-0.3, -0.25) is 4.40 Å². The fraction of sp³-hybridized carbons (Fsp3) is 0.0571. The Morgan fingerprint density at radius 2 is 1.26 bits per heavy atom. The Morgan fingerprint density at radius 3 is 1.85 bits per heavy atom. The van der Waals surface area contributed by atoms with E-state index >= 15 is 0 Å². The van der Waals surface area contributed by atoms with Crippen molar-refractivity contribution in [2.24, 2.45) is 0 Å². The zero-order valence-electron chi connectivity index (χ0n) is 21.4. The van der Waals surface area contributed by atoms with Crippen molar-refractivity contribution in [1.82, 2.24) is 4.40 Å². The zero-order valence-corrected chi connectivity index (χ0v) is 21.4. The van der Waals surface area contributed by atoms with Crippen molar-refractivity contribution in [2.45, 2.75) is 6.92 Å². The monoisotopic (exact) mass is 507 g/mol. The minimum atomic E-state index is -0.449. The molecule has 0 N–H and O–H groups in total. The normalized spacial score (nSPS) is 10.7. The fourth-order valence-corrected chi connectivity index (χ4v) is 4.80. The van der Waals surface area contributed by atoms with Crippen LogP contribution in [0, 0.1) is 11.8 Å². The predicted molar refractivity (Wildman–Crippen MR) is 154 cm³/mol. The molecule has 4 heteroatoms. The average Bonchev–Trinajstić information content (AvgIpc) is 3.53. The smallest absolute Gasteiger partial charge is 0.344 e. The number of fused-ring (bicyclic) bond motifs is 1. The number of hydrogen-bond acceptors (Lipinski definition) is 3. The van der Waals surface area contributed by atoms with Crippen molar-refractivity contribution in [3.05, 3.63) is 138 Å². The lowest BCUT2D eigenvalue weighted by atomic mass is 10.0. The Kier molecular flexibility index (Phi) is 6.55. The van der Waals surface area contributed by atoms with Gasteiger partial charge in [-0.05, 0) is 30.5 Å². The molecule has 4 nitrogen and oxygen atoms in total. The molecule has 2 aromatic heterocycles. The van der Waals surface area contributed by atoms with E-state index in [2.05, 4.69) is 11.8 Å². The highest BCUT2D eigenvalue weighted by Gasteiger charge is 2.32. The SMILES string of the molecule is CCOC(=O)c1c(-c2ccccc2)c(C#Cc2ccccc2)n2c(-c3ccccc3)c(-c3ccccc3)oc12. The number of nitrogens with zero attached hydrogens (tertiary/aromatic N) is 1. The minimum Gasteiger partial charge on any atom is -0.462 e. The third-order valence-corrected chi connectivity index (χ3v) is 6.49. The summed E-state index contributed by atoms with van der Waals surface area (Å²) in [7, 11) is 0. The van der Waals surface area contributed by atoms with Crippen molar-refractivity contribution in [3.8, 4) is 45.5 Å². The van der Waals surface area contributed by atoms with Gasteiger partial charge in [0.15, 0.2) is 5.76 Å². The summed E-state index contributed by atoms with van der Waals surface area (Å²) >= 11 is 0. The summed E-state index contributed by atoms with van der Waals surface area (Å²) in [5.74, 6) is 6.93. The summed E-state index contributed by atoms with van der Waals surface area (Å²) < 4.78 is 14.2. The first-order chi connectivity index (χ1) is 19.3. The molecule has 4 aromatic carbocycles. The molecule has 6 aromatic rings. The highest BCUT2D eigenvalue weighted by Crippen LogP contribution is 2.43. The molecule has 39 heavy (non-hydrogen) atoms. The van der Waals surface area contributed by atoms with Crippen LogP contribution < -0.4 is 0 Å². The Balaban J connectivity index is 1.78. The number of oxazole rings is 1. The van der Waals surface area contributed by atoms with Crippen LogP contribution in [0.1, 0.15) is 28.5 Å². The van der Waals surface area contributed by atoms with E-state index in [0.29, 0.717) is 28.3 Å². The minimum absolute atomic E-state index is 0.243. The van der Waals surface area contributed by atoms with Crippen LogP contribution in [0.15, 0.2) is 126 Å². The first kappa shape index (κ1) is 24.1. The second kappa shape index (κ2) is 10.6. The number of esters is 1. The number of carbonyl (C=O) groups is 1. The fourth-order valence-electron chi connectivity index (χ4n) is 4.80.